The molecule has 1 heterocycles. The van der Waals surface area contributed by atoms with Crippen LogP contribution < -0.4 is 10.6 Å². The third kappa shape index (κ3) is 4.30. The second-order valence-corrected chi connectivity index (χ2v) is 5.31. The Labute approximate surface area is 138 Å². The minimum Gasteiger partial charge on any atom is -0.351 e. The van der Waals surface area contributed by atoms with E-state index < -0.39 is 0 Å². The molecular formula is C14H18BrClN4O. The number of amides is 1. The number of aromatic nitrogens is 2. The van der Waals surface area contributed by atoms with Gasteiger partial charge in [-0.25, -0.2) is 4.68 Å². The monoisotopic (exact) mass is 372 g/mol. The molecule has 0 aliphatic heterocycles. The van der Waals surface area contributed by atoms with Crippen LogP contribution in [0.4, 0.5) is 0 Å². The molecule has 0 aliphatic rings. The molecule has 2 rings (SSSR count). The molecule has 21 heavy (non-hydrogen) atoms. The normalized spacial score (nSPS) is 10.0. The lowest BCUT2D eigenvalue weighted by atomic mass is 10.2. The Kier molecular flexibility index (Phi) is 6.87. The Morgan fingerprint density at radius 3 is 2.57 bits per heavy atom. The number of rotatable bonds is 5. The predicted molar refractivity (Wildman–Crippen MR) is 89.5 cm³/mol. The molecule has 5 nitrogen and oxygen atoms in total. The standard InChI is InChI=1S/C14H17BrN4O.ClH/c1-10-13(14(20)17-8-7-16-2)9-18-19(10)12-5-3-11(15)4-6-12;/h3-6,9,16H,7-8H2,1-2H3,(H,17,20);1H. The summed E-state index contributed by atoms with van der Waals surface area (Å²) < 4.78 is 2.77. The highest BCUT2D eigenvalue weighted by Gasteiger charge is 2.14. The van der Waals surface area contributed by atoms with Gasteiger partial charge in [-0.1, -0.05) is 15.9 Å². The van der Waals surface area contributed by atoms with Crippen molar-refractivity contribution >= 4 is 34.2 Å². The summed E-state index contributed by atoms with van der Waals surface area (Å²) in [5.41, 5.74) is 2.36. The van der Waals surface area contributed by atoms with Crippen molar-refractivity contribution in [3.63, 3.8) is 0 Å². The molecule has 0 unspecified atom stereocenters. The molecule has 2 aromatic rings. The number of hydrogen-bond donors (Lipinski definition) is 2. The molecule has 0 bridgehead atoms. The molecule has 1 aromatic heterocycles. The lowest BCUT2D eigenvalue weighted by Gasteiger charge is -2.06. The lowest BCUT2D eigenvalue weighted by Crippen LogP contribution is -2.30. The Hall–Kier alpha value is -1.37. The van der Waals surface area contributed by atoms with E-state index in [0.717, 1.165) is 22.4 Å². The minimum atomic E-state index is -0.0962. The topological polar surface area (TPSA) is 58.9 Å². The van der Waals surface area contributed by atoms with Gasteiger partial charge < -0.3 is 10.6 Å². The zero-order valence-electron chi connectivity index (χ0n) is 11.9. The average Bonchev–Trinajstić information content (AvgIpc) is 2.82. The highest BCUT2D eigenvalue weighted by Crippen LogP contribution is 2.17. The third-order valence-electron chi connectivity index (χ3n) is 2.99. The fraction of sp³-hybridized carbons (Fsp3) is 0.286. The maximum Gasteiger partial charge on any atom is 0.254 e. The summed E-state index contributed by atoms with van der Waals surface area (Å²) in [7, 11) is 1.85. The summed E-state index contributed by atoms with van der Waals surface area (Å²) >= 11 is 3.40. The van der Waals surface area contributed by atoms with Crippen LogP contribution >= 0.6 is 28.3 Å². The van der Waals surface area contributed by atoms with E-state index in [4.69, 9.17) is 0 Å². The van der Waals surface area contributed by atoms with Gasteiger partial charge in [0.05, 0.1) is 23.1 Å². The molecule has 1 amide bonds. The maximum atomic E-state index is 12.0. The lowest BCUT2D eigenvalue weighted by molar-refractivity contribution is 0.0953. The largest absolute Gasteiger partial charge is 0.351 e. The summed E-state index contributed by atoms with van der Waals surface area (Å²) in [4.78, 5) is 12.0. The van der Waals surface area contributed by atoms with Crippen LogP contribution in [0.2, 0.25) is 0 Å². The quantitative estimate of drug-likeness (QED) is 0.791. The molecule has 0 spiro atoms. The summed E-state index contributed by atoms with van der Waals surface area (Å²) in [5.74, 6) is -0.0962. The molecule has 114 valence electrons. The van der Waals surface area contributed by atoms with Crippen LogP contribution in [0.3, 0.4) is 0 Å². The number of benzene rings is 1. The first-order valence-electron chi connectivity index (χ1n) is 6.37. The van der Waals surface area contributed by atoms with Crippen LogP contribution in [0.5, 0.6) is 0 Å². The van der Waals surface area contributed by atoms with E-state index in [0.29, 0.717) is 12.1 Å². The van der Waals surface area contributed by atoms with Gasteiger partial charge in [-0.3, -0.25) is 4.79 Å². The molecule has 0 saturated carbocycles. The molecule has 0 fully saturated rings. The van der Waals surface area contributed by atoms with Crippen LogP contribution in [0.15, 0.2) is 34.9 Å². The number of carbonyl (C=O) groups is 1. The van der Waals surface area contributed by atoms with E-state index in [2.05, 4.69) is 31.7 Å². The molecule has 0 aliphatic carbocycles. The molecule has 1 aromatic carbocycles. The Bertz CT molecular complexity index is 598. The van der Waals surface area contributed by atoms with Gasteiger partial charge in [0.2, 0.25) is 0 Å². The molecule has 0 atom stereocenters. The van der Waals surface area contributed by atoms with E-state index >= 15 is 0 Å². The first-order chi connectivity index (χ1) is 9.63. The van der Waals surface area contributed by atoms with Gasteiger partial charge in [-0.05, 0) is 38.2 Å². The van der Waals surface area contributed by atoms with Gasteiger partial charge >= 0.3 is 0 Å². The number of halogens is 2. The van der Waals surface area contributed by atoms with Crippen LogP contribution in [0.1, 0.15) is 16.1 Å². The summed E-state index contributed by atoms with van der Waals surface area (Å²) in [6, 6.07) is 7.80. The van der Waals surface area contributed by atoms with E-state index in [9.17, 15) is 4.79 Å². The summed E-state index contributed by atoms with van der Waals surface area (Å²) in [6.07, 6.45) is 1.60. The Morgan fingerprint density at radius 1 is 1.29 bits per heavy atom. The second kappa shape index (κ2) is 8.17. The summed E-state index contributed by atoms with van der Waals surface area (Å²) in [6.45, 7) is 3.23. The van der Waals surface area contributed by atoms with Crippen molar-refractivity contribution < 1.29 is 4.79 Å². The van der Waals surface area contributed by atoms with Gasteiger partial charge in [0.15, 0.2) is 0 Å². The molecule has 7 heteroatoms. The zero-order valence-corrected chi connectivity index (χ0v) is 14.3. The van der Waals surface area contributed by atoms with E-state index in [1.165, 1.54) is 0 Å². The fourth-order valence-corrected chi connectivity index (χ4v) is 2.14. The average molecular weight is 374 g/mol. The van der Waals surface area contributed by atoms with Crippen LogP contribution in [0, 0.1) is 6.92 Å². The van der Waals surface area contributed by atoms with Crippen LogP contribution in [-0.2, 0) is 0 Å². The van der Waals surface area contributed by atoms with Crippen molar-refractivity contribution in [3.8, 4) is 5.69 Å². The molecule has 2 N–H and O–H groups in total. The summed E-state index contributed by atoms with van der Waals surface area (Å²) in [5, 5.41) is 10.1. The van der Waals surface area contributed by atoms with Gasteiger partial charge in [0, 0.05) is 17.6 Å². The smallest absolute Gasteiger partial charge is 0.254 e. The third-order valence-corrected chi connectivity index (χ3v) is 3.51. The van der Waals surface area contributed by atoms with Gasteiger partial charge in [0.1, 0.15) is 0 Å². The van der Waals surface area contributed by atoms with Gasteiger partial charge in [-0.2, -0.15) is 5.10 Å². The highest BCUT2D eigenvalue weighted by molar-refractivity contribution is 9.10. The molecule has 0 radical (unpaired) electrons. The highest BCUT2D eigenvalue weighted by atomic mass is 79.9. The van der Waals surface area contributed by atoms with Crippen molar-refractivity contribution in [1.29, 1.82) is 0 Å². The first-order valence-corrected chi connectivity index (χ1v) is 7.16. The first kappa shape index (κ1) is 17.7. The van der Waals surface area contributed by atoms with Crippen molar-refractivity contribution in [2.75, 3.05) is 20.1 Å². The van der Waals surface area contributed by atoms with Crippen molar-refractivity contribution in [2.45, 2.75) is 6.92 Å². The molecular weight excluding hydrogens is 356 g/mol. The number of carbonyl (C=O) groups excluding carboxylic acids is 1. The maximum absolute atomic E-state index is 12.0. The van der Waals surface area contributed by atoms with Crippen molar-refractivity contribution in [2.24, 2.45) is 0 Å². The fourth-order valence-electron chi connectivity index (χ4n) is 1.87. The minimum absolute atomic E-state index is 0. The Morgan fingerprint density at radius 2 is 1.95 bits per heavy atom. The van der Waals surface area contributed by atoms with Crippen molar-refractivity contribution in [3.05, 3.63) is 46.2 Å². The van der Waals surface area contributed by atoms with E-state index in [1.807, 2.05) is 38.2 Å². The van der Waals surface area contributed by atoms with E-state index in [1.54, 1.807) is 10.9 Å². The predicted octanol–water partition coefficient (Wildman–Crippen LogP) is 2.31. The van der Waals surface area contributed by atoms with Gasteiger partial charge in [0.25, 0.3) is 5.91 Å². The van der Waals surface area contributed by atoms with E-state index in [-0.39, 0.29) is 18.3 Å². The number of nitrogens with zero attached hydrogens (tertiary/aromatic N) is 2. The molecule has 0 saturated heterocycles. The number of likely N-dealkylation sites (N-methyl/N-ethyl adjacent to an activating group) is 1. The zero-order chi connectivity index (χ0) is 14.5. The SMILES string of the molecule is CNCCNC(=O)c1cnn(-c2ccc(Br)cc2)c1C.Cl. The van der Waals surface area contributed by atoms with Crippen LogP contribution in [0.25, 0.3) is 5.69 Å². The number of nitrogens with one attached hydrogen (secondary N) is 2. The Balaban J connectivity index is 0.00000220. The van der Waals surface area contributed by atoms with Gasteiger partial charge in [-0.15, -0.1) is 12.4 Å². The van der Waals surface area contributed by atoms with Crippen molar-refractivity contribution in [1.82, 2.24) is 20.4 Å². The number of hydrogen-bond acceptors (Lipinski definition) is 3. The second-order valence-electron chi connectivity index (χ2n) is 4.39. The van der Waals surface area contributed by atoms with Crippen LogP contribution in [-0.4, -0.2) is 35.8 Å².